The zero-order chi connectivity index (χ0) is 23.3. The fourth-order valence-corrected chi connectivity index (χ4v) is 5.24. The molecule has 0 fully saturated rings. The lowest BCUT2D eigenvalue weighted by Crippen LogP contribution is -2.41. The van der Waals surface area contributed by atoms with Gasteiger partial charge in [0, 0.05) is 0 Å². The van der Waals surface area contributed by atoms with Gasteiger partial charge in [-0.25, -0.2) is 9.55 Å². The van der Waals surface area contributed by atoms with Crippen molar-refractivity contribution in [2.45, 2.75) is 174 Å². The van der Waals surface area contributed by atoms with Gasteiger partial charge in [0.05, 0.1) is 12.0 Å². The summed E-state index contributed by atoms with van der Waals surface area (Å²) in [6, 6.07) is 0.624. The van der Waals surface area contributed by atoms with Gasteiger partial charge in [-0.1, -0.05) is 130 Å². The highest BCUT2D eigenvalue weighted by Gasteiger charge is 2.24. The molecule has 0 spiro atoms. The van der Waals surface area contributed by atoms with E-state index in [0.29, 0.717) is 12.0 Å². The minimum atomic E-state index is 0.624. The summed E-state index contributed by atoms with van der Waals surface area (Å²) in [5.74, 6) is 2.19. The number of H-pyrrole nitrogens is 1. The predicted molar refractivity (Wildman–Crippen MR) is 142 cm³/mol. The molecule has 1 aromatic rings. The van der Waals surface area contributed by atoms with Gasteiger partial charge in [0.25, 0.3) is 5.82 Å². The molecule has 2 atom stereocenters. The van der Waals surface area contributed by atoms with Crippen molar-refractivity contribution in [2.75, 3.05) is 0 Å². The molecule has 2 heteroatoms. The van der Waals surface area contributed by atoms with E-state index in [-0.39, 0.29) is 0 Å². The zero-order valence-electron chi connectivity index (χ0n) is 22.6. The van der Waals surface area contributed by atoms with Crippen LogP contribution in [0.25, 0.3) is 0 Å². The number of nitrogens with one attached hydrogen (secondary N) is 1. The van der Waals surface area contributed by atoms with Crippen LogP contribution in [0.4, 0.5) is 0 Å². The Hall–Kier alpha value is -0.790. The summed E-state index contributed by atoms with van der Waals surface area (Å²) in [5.41, 5.74) is 0. The average Bonchev–Trinajstić information content (AvgIpc) is 3.29. The Labute approximate surface area is 202 Å². The molecule has 1 heterocycles. The van der Waals surface area contributed by atoms with Gasteiger partial charge in [-0.15, -0.1) is 0 Å². The molecule has 0 bridgehead atoms. The third kappa shape index (κ3) is 13.7. The van der Waals surface area contributed by atoms with Crippen LogP contribution in [0, 0.1) is 0 Å². The third-order valence-electron chi connectivity index (χ3n) is 7.37. The standard InChI is InChI=1S/C30H58N2/c1-5-8-10-11-12-13-14-15-16-17-18-19-20-21-22-24-28(4)32-27-26-31-30(32)29(23-7-3)25-9-6-2/h26-29H,5-25H2,1-4H3/p+1. The van der Waals surface area contributed by atoms with Gasteiger partial charge in [0.15, 0.2) is 0 Å². The van der Waals surface area contributed by atoms with Gasteiger partial charge >= 0.3 is 0 Å². The van der Waals surface area contributed by atoms with Crippen molar-refractivity contribution < 1.29 is 4.57 Å². The maximum Gasteiger partial charge on any atom is 0.257 e. The first-order valence-electron chi connectivity index (χ1n) is 14.8. The number of aromatic amines is 1. The lowest BCUT2D eigenvalue weighted by molar-refractivity contribution is -0.727. The summed E-state index contributed by atoms with van der Waals surface area (Å²) in [5, 5.41) is 0. The average molecular weight is 448 g/mol. The van der Waals surface area contributed by atoms with Crippen molar-refractivity contribution in [1.29, 1.82) is 0 Å². The first-order valence-corrected chi connectivity index (χ1v) is 14.8. The van der Waals surface area contributed by atoms with Gasteiger partial charge < -0.3 is 0 Å². The molecule has 188 valence electrons. The summed E-state index contributed by atoms with van der Waals surface area (Å²) in [6.45, 7) is 9.36. The topological polar surface area (TPSA) is 19.7 Å². The highest BCUT2D eigenvalue weighted by Crippen LogP contribution is 2.25. The Morgan fingerprint density at radius 3 is 1.59 bits per heavy atom. The molecular weight excluding hydrogens is 388 g/mol. The van der Waals surface area contributed by atoms with Gasteiger partial charge in [-0.05, 0) is 32.6 Å². The monoisotopic (exact) mass is 447 g/mol. The summed E-state index contributed by atoms with van der Waals surface area (Å²) < 4.78 is 2.56. The van der Waals surface area contributed by atoms with E-state index in [9.17, 15) is 0 Å². The Bertz CT molecular complexity index is 507. The van der Waals surface area contributed by atoms with E-state index >= 15 is 0 Å². The fourth-order valence-electron chi connectivity index (χ4n) is 5.24. The smallest absolute Gasteiger partial charge is 0.247 e. The minimum absolute atomic E-state index is 0.624. The molecule has 2 unspecified atom stereocenters. The van der Waals surface area contributed by atoms with Gasteiger partial charge in [-0.3, -0.25) is 0 Å². The van der Waals surface area contributed by atoms with Gasteiger partial charge in [0.2, 0.25) is 0 Å². The van der Waals surface area contributed by atoms with Crippen molar-refractivity contribution >= 4 is 0 Å². The molecule has 0 saturated carbocycles. The van der Waals surface area contributed by atoms with Crippen LogP contribution in [0.5, 0.6) is 0 Å². The lowest BCUT2D eigenvalue weighted by atomic mass is 9.95. The maximum absolute atomic E-state index is 3.60. The van der Waals surface area contributed by atoms with Crippen LogP contribution in [0.3, 0.4) is 0 Å². The maximum atomic E-state index is 3.60. The predicted octanol–water partition coefficient (Wildman–Crippen LogP) is 10.2. The number of hydrogen-bond acceptors (Lipinski definition) is 0. The molecule has 0 aliphatic rings. The molecule has 0 saturated heterocycles. The van der Waals surface area contributed by atoms with E-state index in [1.54, 1.807) is 0 Å². The minimum Gasteiger partial charge on any atom is -0.247 e. The lowest BCUT2D eigenvalue weighted by Gasteiger charge is -2.16. The molecule has 2 nitrogen and oxygen atoms in total. The van der Waals surface area contributed by atoms with E-state index in [1.165, 1.54) is 141 Å². The van der Waals surface area contributed by atoms with Crippen LogP contribution in [-0.2, 0) is 0 Å². The number of unbranched alkanes of at least 4 members (excludes halogenated alkanes) is 15. The molecule has 1 rings (SSSR count). The molecule has 1 aromatic heterocycles. The zero-order valence-corrected chi connectivity index (χ0v) is 22.6. The SMILES string of the molecule is CCCCCCCCCCCCCCCCCC(C)[n+]1cc[nH]c1C(CCC)CCCC. The van der Waals surface area contributed by atoms with Crippen molar-refractivity contribution in [2.24, 2.45) is 0 Å². The molecule has 1 N–H and O–H groups in total. The van der Waals surface area contributed by atoms with Crippen molar-refractivity contribution in [1.82, 2.24) is 4.98 Å². The molecular formula is C30H59N2+. The molecule has 0 radical (unpaired) electrons. The number of aromatic nitrogens is 2. The highest BCUT2D eigenvalue weighted by atomic mass is 15.1. The van der Waals surface area contributed by atoms with E-state index in [4.69, 9.17) is 0 Å². The van der Waals surface area contributed by atoms with Crippen LogP contribution in [0.1, 0.15) is 180 Å². The highest BCUT2D eigenvalue weighted by molar-refractivity contribution is 4.90. The summed E-state index contributed by atoms with van der Waals surface area (Å²) in [4.78, 5) is 3.60. The molecule has 0 aliphatic heterocycles. The second-order valence-corrected chi connectivity index (χ2v) is 10.5. The van der Waals surface area contributed by atoms with Crippen LogP contribution < -0.4 is 4.57 Å². The number of rotatable bonds is 23. The number of hydrogen-bond donors (Lipinski definition) is 1. The Morgan fingerprint density at radius 2 is 1.09 bits per heavy atom. The van der Waals surface area contributed by atoms with Crippen LogP contribution >= 0.6 is 0 Å². The van der Waals surface area contributed by atoms with Crippen LogP contribution in [-0.4, -0.2) is 4.98 Å². The molecule has 0 aliphatic carbocycles. The largest absolute Gasteiger partial charge is 0.257 e. The van der Waals surface area contributed by atoms with Crippen molar-refractivity contribution in [3.8, 4) is 0 Å². The Kier molecular flexibility index (Phi) is 19.0. The van der Waals surface area contributed by atoms with Crippen LogP contribution in [0.2, 0.25) is 0 Å². The first kappa shape index (κ1) is 29.2. The Morgan fingerprint density at radius 1 is 0.594 bits per heavy atom. The normalized spacial score (nSPS) is 13.5. The molecule has 32 heavy (non-hydrogen) atoms. The number of nitrogens with zero attached hydrogens (tertiary/aromatic N) is 1. The van der Waals surface area contributed by atoms with Crippen LogP contribution in [0.15, 0.2) is 12.4 Å². The van der Waals surface area contributed by atoms with Crippen molar-refractivity contribution in [3.63, 3.8) is 0 Å². The van der Waals surface area contributed by atoms with Gasteiger partial charge in [0.1, 0.15) is 12.4 Å². The van der Waals surface area contributed by atoms with E-state index in [0.717, 1.165) is 0 Å². The van der Waals surface area contributed by atoms with E-state index < -0.39 is 0 Å². The Balaban J connectivity index is 2.06. The molecule has 0 aromatic carbocycles. The first-order chi connectivity index (χ1) is 15.7. The third-order valence-corrected chi connectivity index (χ3v) is 7.37. The fraction of sp³-hybridized carbons (Fsp3) is 0.900. The van der Waals surface area contributed by atoms with Gasteiger partial charge in [-0.2, -0.15) is 0 Å². The second-order valence-electron chi connectivity index (χ2n) is 10.5. The summed E-state index contributed by atoms with van der Waals surface area (Å²) >= 11 is 0. The second kappa shape index (κ2) is 20.8. The van der Waals surface area contributed by atoms with Crippen molar-refractivity contribution in [3.05, 3.63) is 18.2 Å². The summed E-state index contributed by atoms with van der Waals surface area (Å²) in [7, 11) is 0. The summed E-state index contributed by atoms with van der Waals surface area (Å²) in [6.07, 6.45) is 34.0. The quantitative estimate of drug-likeness (QED) is 0.127. The molecule has 0 amide bonds. The van der Waals surface area contributed by atoms with E-state index in [2.05, 4.69) is 49.6 Å². The van der Waals surface area contributed by atoms with E-state index in [1.807, 2.05) is 0 Å². The number of imidazole rings is 1.